The van der Waals surface area contributed by atoms with Crippen LogP contribution in [-0.2, 0) is 11.2 Å². The third kappa shape index (κ3) is 4.41. The van der Waals surface area contributed by atoms with E-state index in [-0.39, 0.29) is 17.8 Å². The maximum absolute atomic E-state index is 12.5. The van der Waals surface area contributed by atoms with Crippen LogP contribution in [0.2, 0.25) is 5.02 Å². The number of para-hydroxylation sites is 1. The van der Waals surface area contributed by atoms with Crippen molar-refractivity contribution in [3.8, 4) is 11.5 Å². The number of esters is 1. The van der Waals surface area contributed by atoms with E-state index in [1.807, 2.05) is 24.3 Å². The summed E-state index contributed by atoms with van der Waals surface area (Å²) in [5.74, 6) is 0.218. The van der Waals surface area contributed by atoms with Crippen LogP contribution in [-0.4, -0.2) is 18.5 Å². The summed E-state index contributed by atoms with van der Waals surface area (Å²) in [5, 5.41) is 3.15. The molecule has 0 unspecified atom stereocenters. The number of amides is 1. The van der Waals surface area contributed by atoms with Gasteiger partial charge in [0.05, 0.1) is 16.5 Å². The second-order valence-corrected chi connectivity index (χ2v) is 7.11. The van der Waals surface area contributed by atoms with E-state index >= 15 is 0 Å². The molecule has 1 atom stereocenters. The van der Waals surface area contributed by atoms with E-state index in [2.05, 4.69) is 5.32 Å². The molecule has 0 fully saturated rings. The molecule has 0 spiro atoms. The zero-order valence-electron chi connectivity index (χ0n) is 15.4. The van der Waals surface area contributed by atoms with Gasteiger partial charge in [-0.15, -0.1) is 0 Å². The average Bonchev–Trinajstić information content (AvgIpc) is 2.75. The van der Waals surface area contributed by atoms with Crippen molar-refractivity contribution in [1.82, 2.24) is 0 Å². The number of nitrogens with one attached hydrogen (secondary N) is 1. The number of carbonyl (C=O) groups excluding carboxylic acids is 2. The number of fused-ring (bicyclic) bond motifs is 1. The number of halogens is 1. The molecule has 0 saturated carbocycles. The van der Waals surface area contributed by atoms with E-state index in [4.69, 9.17) is 21.1 Å². The van der Waals surface area contributed by atoms with Gasteiger partial charge in [-0.25, -0.2) is 0 Å². The molecule has 4 rings (SSSR count). The van der Waals surface area contributed by atoms with E-state index in [9.17, 15) is 9.59 Å². The van der Waals surface area contributed by atoms with Crippen LogP contribution < -0.4 is 14.8 Å². The molecular weight excluding hydrogens is 390 g/mol. The van der Waals surface area contributed by atoms with Gasteiger partial charge in [0.1, 0.15) is 18.1 Å². The minimum atomic E-state index is -0.357. The van der Waals surface area contributed by atoms with Crippen LogP contribution in [0.25, 0.3) is 0 Å². The number of ether oxygens (including phenoxy) is 2. The van der Waals surface area contributed by atoms with Gasteiger partial charge in [-0.2, -0.15) is 0 Å². The number of rotatable bonds is 4. The molecule has 0 aliphatic carbocycles. The Hall–Kier alpha value is -3.31. The van der Waals surface area contributed by atoms with Crippen molar-refractivity contribution in [1.29, 1.82) is 0 Å². The summed E-state index contributed by atoms with van der Waals surface area (Å²) in [6.07, 6.45) is 0.584. The number of hydrogen-bond acceptors (Lipinski definition) is 4. The Morgan fingerprint density at radius 2 is 1.69 bits per heavy atom. The Bertz CT molecular complexity index is 1050. The van der Waals surface area contributed by atoms with Crippen LogP contribution in [0, 0.1) is 5.92 Å². The highest BCUT2D eigenvalue weighted by atomic mass is 35.5. The Labute approximate surface area is 173 Å². The normalized spacial score (nSPS) is 15.0. The van der Waals surface area contributed by atoms with Gasteiger partial charge in [-0.05, 0) is 54.4 Å². The predicted octanol–water partition coefficient (Wildman–Crippen LogP) is 4.75. The van der Waals surface area contributed by atoms with Crippen molar-refractivity contribution < 1.29 is 19.1 Å². The van der Waals surface area contributed by atoms with Gasteiger partial charge in [0, 0.05) is 5.69 Å². The number of benzene rings is 3. The second-order valence-electron chi connectivity index (χ2n) is 6.70. The van der Waals surface area contributed by atoms with Gasteiger partial charge in [0.2, 0.25) is 0 Å². The molecule has 6 heteroatoms. The second kappa shape index (κ2) is 8.37. The van der Waals surface area contributed by atoms with Gasteiger partial charge in [-0.1, -0.05) is 41.9 Å². The van der Waals surface area contributed by atoms with Crippen molar-refractivity contribution in [3.05, 3.63) is 88.9 Å². The van der Waals surface area contributed by atoms with Gasteiger partial charge in [0.25, 0.3) is 5.91 Å². The lowest BCUT2D eigenvalue weighted by Gasteiger charge is -2.23. The molecular formula is C23H18ClNO4. The standard InChI is InChI=1S/C23H18ClNO4/c24-20-7-3-2-6-19(20)22(26)25-17-9-11-18(12-10-17)29-23(27)16-13-15-5-1-4-8-21(15)28-14-16/h1-12,16H,13-14H2,(H,25,26)/t16-/m1/s1. The number of carbonyl (C=O) groups is 2. The number of anilines is 1. The molecule has 0 saturated heterocycles. The molecule has 0 radical (unpaired) electrons. The molecule has 29 heavy (non-hydrogen) atoms. The number of hydrogen-bond donors (Lipinski definition) is 1. The van der Waals surface area contributed by atoms with E-state index in [0.29, 0.717) is 35.1 Å². The molecule has 3 aromatic carbocycles. The molecule has 0 aromatic heterocycles. The van der Waals surface area contributed by atoms with Crippen LogP contribution in [0.3, 0.4) is 0 Å². The summed E-state index contributed by atoms with van der Waals surface area (Å²) in [4.78, 5) is 24.8. The minimum Gasteiger partial charge on any atom is -0.492 e. The van der Waals surface area contributed by atoms with E-state index in [0.717, 1.165) is 11.3 Å². The summed E-state index contributed by atoms with van der Waals surface area (Å²) in [5.41, 5.74) is 1.96. The SMILES string of the molecule is O=C(Nc1ccc(OC(=O)[C@H]2COc3ccccc3C2)cc1)c1ccccc1Cl. The monoisotopic (exact) mass is 407 g/mol. The highest BCUT2D eigenvalue weighted by molar-refractivity contribution is 6.34. The highest BCUT2D eigenvalue weighted by Gasteiger charge is 2.27. The third-order valence-corrected chi connectivity index (χ3v) is 4.99. The fourth-order valence-electron chi connectivity index (χ4n) is 3.13. The predicted molar refractivity (Wildman–Crippen MR) is 111 cm³/mol. The van der Waals surface area contributed by atoms with Gasteiger partial charge >= 0.3 is 5.97 Å². The van der Waals surface area contributed by atoms with Crippen molar-refractivity contribution in [2.24, 2.45) is 5.92 Å². The van der Waals surface area contributed by atoms with Crippen molar-refractivity contribution >= 4 is 29.2 Å². The zero-order valence-corrected chi connectivity index (χ0v) is 16.2. The van der Waals surface area contributed by atoms with Crippen LogP contribution in [0.4, 0.5) is 5.69 Å². The molecule has 5 nitrogen and oxygen atoms in total. The molecule has 1 aliphatic rings. The maximum atomic E-state index is 12.5. The Kier molecular flexibility index (Phi) is 5.49. The highest BCUT2D eigenvalue weighted by Crippen LogP contribution is 2.28. The van der Waals surface area contributed by atoms with E-state index in [1.165, 1.54) is 0 Å². The average molecular weight is 408 g/mol. The fraction of sp³-hybridized carbons (Fsp3) is 0.130. The largest absolute Gasteiger partial charge is 0.492 e. The lowest BCUT2D eigenvalue weighted by atomic mass is 9.97. The van der Waals surface area contributed by atoms with Crippen molar-refractivity contribution in [3.63, 3.8) is 0 Å². The lowest BCUT2D eigenvalue weighted by Crippen LogP contribution is -2.31. The summed E-state index contributed by atoms with van der Waals surface area (Å²) in [6.45, 7) is 0.293. The summed E-state index contributed by atoms with van der Waals surface area (Å²) >= 11 is 6.04. The first-order valence-corrected chi connectivity index (χ1v) is 9.56. The Morgan fingerprint density at radius 3 is 2.48 bits per heavy atom. The van der Waals surface area contributed by atoms with Gasteiger partial charge < -0.3 is 14.8 Å². The minimum absolute atomic E-state index is 0.293. The van der Waals surface area contributed by atoms with Crippen LogP contribution in [0.15, 0.2) is 72.8 Å². The molecule has 3 aromatic rings. The van der Waals surface area contributed by atoms with Crippen LogP contribution >= 0.6 is 11.6 Å². The quantitative estimate of drug-likeness (QED) is 0.500. The Balaban J connectivity index is 1.37. The smallest absolute Gasteiger partial charge is 0.318 e. The maximum Gasteiger partial charge on any atom is 0.318 e. The first-order chi connectivity index (χ1) is 14.1. The zero-order chi connectivity index (χ0) is 20.2. The fourth-order valence-corrected chi connectivity index (χ4v) is 3.35. The third-order valence-electron chi connectivity index (χ3n) is 4.66. The summed E-state index contributed by atoms with van der Waals surface area (Å²) in [7, 11) is 0. The molecule has 1 heterocycles. The van der Waals surface area contributed by atoms with Crippen molar-refractivity contribution in [2.75, 3.05) is 11.9 Å². The molecule has 0 bridgehead atoms. The topological polar surface area (TPSA) is 64.6 Å². The first-order valence-electron chi connectivity index (χ1n) is 9.18. The molecule has 1 amide bonds. The van der Waals surface area contributed by atoms with E-state index < -0.39 is 0 Å². The van der Waals surface area contributed by atoms with Gasteiger partial charge in [-0.3, -0.25) is 9.59 Å². The van der Waals surface area contributed by atoms with Crippen molar-refractivity contribution in [2.45, 2.75) is 6.42 Å². The first kappa shape index (κ1) is 19.0. The molecule has 1 N–H and O–H groups in total. The summed E-state index contributed by atoms with van der Waals surface area (Å²) in [6, 6.07) is 21.1. The Morgan fingerprint density at radius 1 is 0.966 bits per heavy atom. The molecule has 146 valence electrons. The van der Waals surface area contributed by atoms with E-state index in [1.54, 1.807) is 48.5 Å². The van der Waals surface area contributed by atoms with Crippen LogP contribution in [0.1, 0.15) is 15.9 Å². The van der Waals surface area contributed by atoms with Gasteiger partial charge in [0.15, 0.2) is 0 Å². The summed E-state index contributed by atoms with van der Waals surface area (Å²) < 4.78 is 11.1. The molecule has 1 aliphatic heterocycles. The lowest BCUT2D eigenvalue weighted by molar-refractivity contribution is -0.140. The van der Waals surface area contributed by atoms with Crippen LogP contribution in [0.5, 0.6) is 11.5 Å².